The third kappa shape index (κ3) is 2.22. The average molecular weight is 380 g/mol. The van der Waals surface area contributed by atoms with Gasteiger partial charge in [-0.1, -0.05) is 38.5 Å². The highest BCUT2D eigenvalue weighted by molar-refractivity contribution is 7.89. The maximum atomic E-state index is 13.5. The van der Waals surface area contributed by atoms with Crippen LogP contribution in [0.15, 0.2) is 29.2 Å². The molecule has 1 saturated heterocycles. The zero-order chi connectivity index (χ0) is 18.9. The minimum Gasteiger partial charge on any atom is -0.339 e. The Hall–Kier alpha value is -0.950. The van der Waals surface area contributed by atoms with Gasteiger partial charge in [0.25, 0.3) is 0 Å². The number of nitrogens with zero attached hydrogens (tertiary/aromatic N) is 1. The van der Waals surface area contributed by atoms with Crippen LogP contribution in [-0.4, -0.2) is 37.9 Å². The van der Waals surface area contributed by atoms with Crippen LogP contribution in [0.3, 0.4) is 0 Å². The molecule has 0 N–H and O–H groups in total. The minimum absolute atomic E-state index is 0.0325. The smallest absolute Gasteiger partial charge is 0.247 e. The predicted molar refractivity (Wildman–Crippen MR) is 98.9 cm³/mol. The van der Waals surface area contributed by atoms with E-state index in [1.807, 2.05) is 26.0 Å². The molecule has 1 unspecified atom stereocenters. The molecule has 0 amide bonds. The summed E-state index contributed by atoms with van der Waals surface area (Å²) < 4.78 is 40.6. The summed E-state index contributed by atoms with van der Waals surface area (Å²) in [7, 11) is -3.70. The van der Waals surface area contributed by atoms with E-state index in [2.05, 4.69) is 20.8 Å². The van der Waals surface area contributed by atoms with E-state index in [9.17, 15) is 8.42 Å². The molecule has 2 aliphatic carbocycles. The summed E-state index contributed by atoms with van der Waals surface area (Å²) in [5.74, 6) is 0.281. The van der Waals surface area contributed by atoms with E-state index in [0.29, 0.717) is 11.5 Å². The van der Waals surface area contributed by atoms with Crippen LogP contribution >= 0.6 is 0 Å². The van der Waals surface area contributed by atoms with Crippen LogP contribution in [0.25, 0.3) is 0 Å². The second kappa shape index (κ2) is 5.77. The molecule has 5 atom stereocenters. The lowest BCUT2D eigenvalue weighted by Gasteiger charge is -2.38. The van der Waals surface area contributed by atoms with E-state index < -0.39 is 16.4 Å². The fourth-order valence-corrected chi connectivity index (χ4v) is 7.12. The summed E-state index contributed by atoms with van der Waals surface area (Å²) in [5, 5.41) is 0. The summed E-state index contributed by atoms with van der Waals surface area (Å²) in [5.41, 5.74) is 1.05. The number of hydrogen-bond acceptors (Lipinski definition) is 4. The van der Waals surface area contributed by atoms with Crippen molar-refractivity contribution in [1.82, 2.24) is 4.31 Å². The summed E-state index contributed by atoms with van der Waals surface area (Å²) in [6.07, 6.45) is 1.15. The second-order valence-electron chi connectivity index (χ2n) is 8.74. The van der Waals surface area contributed by atoms with E-state index in [1.54, 1.807) is 12.1 Å². The van der Waals surface area contributed by atoms with Crippen LogP contribution in [0, 0.1) is 23.7 Å². The first kappa shape index (κ1) is 18.4. The van der Waals surface area contributed by atoms with Gasteiger partial charge in [0.05, 0.1) is 17.0 Å². The van der Waals surface area contributed by atoms with Gasteiger partial charge >= 0.3 is 0 Å². The molecule has 0 radical (unpaired) electrons. The molecule has 1 aromatic rings. The fraction of sp³-hybridized carbons (Fsp3) is 0.700. The molecule has 5 nitrogen and oxygen atoms in total. The van der Waals surface area contributed by atoms with E-state index in [4.69, 9.17) is 9.47 Å². The maximum absolute atomic E-state index is 13.5. The Labute approximate surface area is 156 Å². The Morgan fingerprint density at radius 3 is 2.50 bits per heavy atom. The monoisotopic (exact) mass is 379 g/mol. The van der Waals surface area contributed by atoms with Crippen LogP contribution in [0.2, 0.25) is 0 Å². The number of fused-ring (bicyclic) bond motifs is 5. The molecule has 3 aliphatic rings. The lowest BCUT2D eigenvalue weighted by atomic mass is 9.70. The molecule has 1 aromatic carbocycles. The number of benzene rings is 1. The van der Waals surface area contributed by atoms with Crippen LogP contribution in [0.1, 0.15) is 46.1 Å². The molecule has 144 valence electrons. The number of aryl methyl sites for hydroxylation is 1. The topological polar surface area (TPSA) is 55.8 Å². The molecule has 26 heavy (non-hydrogen) atoms. The van der Waals surface area contributed by atoms with Gasteiger partial charge in [-0.15, -0.1) is 4.31 Å². The molecule has 0 spiro atoms. The van der Waals surface area contributed by atoms with Crippen molar-refractivity contribution in [3.8, 4) is 0 Å². The molecule has 2 saturated carbocycles. The van der Waals surface area contributed by atoms with Crippen molar-refractivity contribution in [2.75, 3.05) is 6.61 Å². The van der Waals surface area contributed by atoms with Gasteiger partial charge in [-0.3, -0.25) is 0 Å². The van der Waals surface area contributed by atoms with Crippen molar-refractivity contribution < 1.29 is 17.9 Å². The van der Waals surface area contributed by atoms with Crippen LogP contribution in [-0.2, 0) is 19.5 Å². The highest BCUT2D eigenvalue weighted by atomic mass is 32.2. The van der Waals surface area contributed by atoms with E-state index >= 15 is 0 Å². The standard InChI is InChI=1S/C20H29NO4S/c1-6-24-18-21(26(22,23)14-9-7-13(2)8-10-14)16-15-11-12-20(5,17(16)25-18)19(15,3)4/h7-10,15-18H,6,11-12H2,1-5H3/t15-,16-,17-,18?,20+/m1/s1. The molecule has 2 bridgehead atoms. The Morgan fingerprint density at radius 1 is 1.23 bits per heavy atom. The zero-order valence-electron chi connectivity index (χ0n) is 16.2. The third-order valence-corrected chi connectivity index (χ3v) is 9.23. The molecule has 4 rings (SSSR count). The third-order valence-electron chi connectivity index (χ3n) is 7.39. The lowest BCUT2D eigenvalue weighted by molar-refractivity contribution is -0.189. The SMILES string of the molecule is CCOC1O[C@@H]2[C@@H]([C@H]3CC[C@]2(C)C3(C)C)N1S(=O)(=O)c1ccc(C)cc1. The van der Waals surface area contributed by atoms with Crippen molar-refractivity contribution >= 4 is 10.0 Å². The van der Waals surface area contributed by atoms with E-state index in [0.717, 1.165) is 18.4 Å². The van der Waals surface area contributed by atoms with Gasteiger partial charge < -0.3 is 9.47 Å². The molecule has 6 heteroatoms. The van der Waals surface area contributed by atoms with Gasteiger partial charge in [0, 0.05) is 12.0 Å². The highest BCUT2D eigenvalue weighted by Crippen LogP contribution is 2.69. The number of ether oxygens (including phenoxy) is 2. The Morgan fingerprint density at radius 2 is 1.88 bits per heavy atom. The van der Waals surface area contributed by atoms with Crippen molar-refractivity contribution in [1.29, 1.82) is 0 Å². The summed E-state index contributed by atoms with van der Waals surface area (Å²) >= 11 is 0. The van der Waals surface area contributed by atoms with Crippen LogP contribution in [0.4, 0.5) is 0 Å². The molecule has 0 aromatic heterocycles. The van der Waals surface area contributed by atoms with Gasteiger partial charge in [0.15, 0.2) is 0 Å². The van der Waals surface area contributed by atoms with Crippen LogP contribution in [0.5, 0.6) is 0 Å². The molecule has 1 heterocycles. The van der Waals surface area contributed by atoms with Gasteiger partial charge in [-0.25, -0.2) is 8.42 Å². The highest BCUT2D eigenvalue weighted by Gasteiger charge is 2.73. The Kier molecular flexibility index (Phi) is 4.09. The minimum atomic E-state index is -3.70. The van der Waals surface area contributed by atoms with Crippen molar-refractivity contribution in [2.24, 2.45) is 16.7 Å². The van der Waals surface area contributed by atoms with Gasteiger partial charge in [-0.05, 0) is 50.2 Å². The number of hydrogen-bond donors (Lipinski definition) is 0. The first-order valence-corrected chi connectivity index (χ1v) is 11.0. The molecular formula is C20H29NO4S. The van der Waals surface area contributed by atoms with E-state index in [-0.39, 0.29) is 28.9 Å². The average Bonchev–Trinajstić information content (AvgIpc) is 3.10. The second-order valence-corrected chi connectivity index (χ2v) is 10.6. The lowest BCUT2D eigenvalue weighted by Crippen LogP contribution is -2.47. The number of rotatable bonds is 4. The predicted octanol–water partition coefficient (Wildman–Crippen LogP) is 3.53. The van der Waals surface area contributed by atoms with Crippen molar-refractivity contribution in [2.45, 2.75) is 70.9 Å². The van der Waals surface area contributed by atoms with Gasteiger partial charge in [0.2, 0.25) is 16.4 Å². The first-order chi connectivity index (χ1) is 12.1. The van der Waals surface area contributed by atoms with Crippen molar-refractivity contribution in [3.63, 3.8) is 0 Å². The number of sulfonamides is 1. The molecule has 3 fully saturated rings. The maximum Gasteiger partial charge on any atom is 0.247 e. The van der Waals surface area contributed by atoms with Crippen molar-refractivity contribution in [3.05, 3.63) is 29.8 Å². The molecular weight excluding hydrogens is 350 g/mol. The first-order valence-electron chi connectivity index (χ1n) is 9.52. The van der Waals surface area contributed by atoms with Gasteiger partial charge in [-0.2, -0.15) is 0 Å². The van der Waals surface area contributed by atoms with Gasteiger partial charge in [0.1, 0.15) is 0 Å². The summed E-state index contributed by atoms with van der Waals surface area (Å²) in [6, 6.07) is 6.88. The normalized spacial score (nSPS) is 38.7. The fourth-order valence-electron chi connectivity index (χ4n) is 5.48. The Bertz CT molecular complexity index is 804. The summed E-state index contributed by atoms with van der Waals surface area (Å²) in [6.45, 7) is 11.0. The molecule has 1 aliphatic heterocycles. The zero-order valence-corrected chi connectivity index (χ0v) is 17.0. The quantitative estimate of drug-likeness (QED) is 0.803. The van der Waals surface area contributed by atoms with Crippen LogP contribution < -0.4 is 0 Å². The van der Waals surface area contributed by atoms with E-state index in [1.165, 1.54) is 4.31 Å². The Balaban J connectivity index is 1.79. The largest absolute Gasteiger partial charge is 0.339 e. The summed E-state index contributed by atoms with van der Waals surface area (Å²) in [4.78, 5) is 0.308.